The maximum atomic E-state index is 12.9. The molecule has 0 aliphatic rings. The summed E-state index contributed by atoms with van der Waals surface area (Å²) in [7, 11) is 0. The quantitative estimate of drug-likeness (QED) is 0.265. The number of hydrogen-bond acceptors (Lipinski definition) is 7. The number of hydrazine groups is 1. The first kappa shape index (κ1) is 24.5. The molecule has 0 bridgehead atoms. The standard InChI is InChI=1S/C23H27N3O6/c1-16(2)13-19(20(27)21(28)25-24)26(22(29)31-14-17-9-5-3-6-10-17)23(30)32-15-18-11-7-4-8-12-18/h3-12,16,19H,13-15,24H2,1-2H3,(H,25,28)/t19-/m0/s1. The third kappa shape index (κ3) is 7.21. The minimum atomic E-state index is -1.44. The molecule has 2 rings (SSSR count). The summed E-state index contributed by atoms with van der Waals surface area (Å²) in [6, 6.07) is 16.2. The Balaban J connectivity index is 2.26. The van der Waals surface area contributed by atoms with Crippen LogP contribution in [-0.4, -0.2) is 34.8 Å². The average molecular weight is 441 g/mol. The Bertz CT molecular complexity index is 862. The van der Waals surface area contributed by atoms with Crippen molar-refractivity contribution in [1.82, 2.24) is 10.3 Å². The van der Waals surface area contributed by atoms with Gasteiger partial charge in [0.15, 0.2) is 0 Å². The Morgan fingerprint density at radius 1 is 0.844 bits per heavy atom. The summed E-state index contributed by atoms with van der Waals surface area (Å²) in [6.45, 7) is 3.30. The van der Waals surface area contributed by atoms with E-state index in [0.29, 0.717) is 16.0 Å². The molecule has 9 nitrogen and oxygen atoms in total. The van der Waals surface area contributed by atoms with Crippen LogP contribution in [0.5, 0.6) is 0 Å². The lowest BCUT2D eigenvalue weighted by Crippen LogP contribution is -2.54. The van der Waals surface area contributed by atoms with Gasteiger partial charge in [0.25, 0.3) is 0 Å². The number of nitrogens with zero attached hydrogens (tertiary/aromatic N) is 1. The summed E-state index contributed by atoms with van der Waals surface area (Å²) in [5.41, 5.74) is 3.12. The summed E-state index contributed by atoms with van der Waals surface area (Å²) in [5, 5.41) is 0. The summed E-state index contributed by atoms with van der Waals surface area (Å²) in [5.74, 6) is 2.78. The largest absolute Gasteiger partial charge is 0.444 e. The number of ketones is 1. The van der Waals surface area contributed by atoms with Gasteiger partial charge in [-0.15, -0.1) is 0 Å². The predicted molar refractivity (Wildman–Crippen MR) is 116 cm³/mol. The summed E-state index contributed by atoms with van der Waals surface area (Å²) in [4.78, 5) is 50.9. The van der Waals surface area contributed by atoms with Crippen molar-refractivity contribution in [3.63, 3.8) is 0 Å². The highest BCUT2D eigenvalue weighted by Crippen LogP contribution is 2.18. The molecule has 3 N–H and O–H groups in total. The van der Waals surface area contributed by atoms with E-state index in [2.05, 4.69) is 0 Å². The number of carbonyl (C=O) groups is 4. The number of benzene rings is 2. The van der Waals surface area contributed by atoms with Crippen LogP contribution in [0.25, 0.3) is 0 Å². The Morgan fingerprint density at radius 2 is 1.28 bits per heavy atom. The molecule has 0 aromatic heterocycles. The smallest absolute Gasteiger partial charge is 0.420 e. The van der Waals surface area contributed by atoms with Crippen LogP contribution in [0.3, 0.4) is 0 Å². The molecule has 3 amide bonds. The third-order valence-corrected chi connectivity index (χ3v) is 4.47. The van der Waals surface area contributed by atoms with Crippen LogP contribution in [0.4, 0.5) is 9.59 Å². The van der Waals surface area contributed by atoms with Crippen LogP contribution in [-0.2, 0) is 32.3 Å². The number of ether oxygens (including phenoxy) is 2. The second-order valence-corrected chi connectivity index (χ2v) is 7.43. The van der Waals surface area contributed by atoms with E-state index >= 15 is 0 Å². The topological polar surface area (TPSA) is 128 Å². The van der Waals surface area contributed by atoms with Gasteiger partial charge < -0.3 is 9.47 Å². The highest BCUT2D eigenvalue weighted by Gasteiger charge is 2.40. The van der Waals surface area contributed by atoms with Crippen molar-refractivity contribution in [1.29, 1.82) is 0 Å². The first-order chi connectivity index (χ1) is 15.3. The van der Waals surface area contributed by atoms with Crippen LogP contribution >= 0.6 is 0 Å². The Labute approximate surface area is 186 Å². The van der Waals surface area contributed by atoms with Gasteiger partial charge in [0.1, 0.15) is 19.3 Å². The number of nitrogens with two attached hydrogens (primary N) is 1. The zero-order valence-corrected chi connectivity index (χ0v) is 18.0. The minimum absolute atomic E-state index is 0.0210. The molecule has 0 aliphatic carbocycles. The van der Waals surface area contributed by atoms with Crippen LogP contribution in [0, 0.1) is 5.92 Å². The van der Waals surface area contributed by atoms with Crippen molar-refractivity contribution in [3.05, 3.63) is 71.8 Å². The highest BCUT2D eigenvalue weighted by molar-refractivity contribution is 6.38. The van der Waals surface area contributed by atoms with Gasteiger partial charge in [-0.05, 0) is 23.5 Å². The SMILES string of the molecule is CC(C)C[C@@H](C(=O)C(=O)NN)N(C(=O)OCc1ccccc1)C(=O)OCc1ccccc1. The van der Waals surface area contributed by atoms with E-state index in [1.807, 2.05) is 0 Å². The van der Waals surface area contributed by atoms with Crippen LogP contribution in [0.2, 0.25) is 0 Å². The van der Waals surface area contributed by atoms with Gasteiger partial charge in [-0.3, -0.25) is 15.0 Å². The maximum Gasteiger partial charge on any atom is 0.420 e. The number of hydrogen-bond donors (Lipinski definition) is 2. The molecule has 1 atom stereocenters. The highest BCUT2D eigenvalue weighted by atomic mass is 16.6. The van der Waals surface area contributed by atoms with E-state index in [1.54, 1.807) is 79.9 Å². The summed E-state index contributed by atoms with van der Waals surface area (Å²) in [6.07, 6.45) is -2.18. The summed E-state index contributed by atoms with van der Waals surface area (Å²) < 4.78 is 10.5. The molecule has 0 saturated carbocycles. The third-order valence-electron chi connectivity index (χ3n) is 4.47. The predicted octanol–water partition coefficient (Wildman–Crippen LogP) is 2.94. The van der Waals surface area contributed by atoms with Crippen molar-refractivity contribution in [2.75, 3.05) is 0 Å². The first-order valence-corrected chi connectivity index (χ1v) is 10.1. The molecule has 32 heavy (non-hydrogen) atoms. The first-order valence-electron chi connectivity index (χ1n) is 10.1. The Morgan fingerprint density at radius 3 is 1.66 bits per heavy atom. The molecule has 170 valence electrons. The van der Waals surface area contributed by atoms with Gasteiger partial charge in [0, 0.05) is 0 Å². The van der Waals surface area contributed by atoms with Crippen molar-refractivity contribution >= 4 is 23.9 Å². The number of carbonyl (C=O) groups excluding carboxylic acids is 4. The molecule has 0 aliphatic heterocycles. The van der Waals surface area contributed by atoms with Crippen molar-refractivity contribution in [2.45, 2.75) is 39.5 Å². The molecule has 0 saturated heterocycles. The molecular formula is C23H27N3O6. The second-order valence-electron chi connectivity index (χ2n) is 7.43. The number of amides is 3. The van der Waals surface area contributed by atoms with E-state index in [9.17, 15) is 19.2 Å². The van der Waals surface area contributed by atoms with Crippen LogP contribution in [0.1, 0.15) is 31.4 Å². The van der Waals surface area contributed by atoms with Gasteiger partial charge in [0.2, 0.25) is 5.78 Å². The fourth-order valence-electron chi connectivity index (χ4n) is 2.91. The van der Waals surface area contributed by atoms with E-state index < -0.39 is 29.9 Å². The van der Waals surface area contributed by atoms with Gasteiger partial charge in [-0.1, -0.05) is 74.5 Å². The fourth-order valence-corrected chi connectivity index (χ4v) is 2.91. The molecule has 2 aromatic rings. The van der Waals surface area contributed by atoms with Crippen LogP contribution < -0.4 is 11.3 Å². The Hall–Kier alpha value is -3.72. The monoisotopic (exact) mass is 441 g/mol. The minimum Gasteiger partial charge on any atom is -0.444 e. The number of Topliss-reactive ketones (excluding diaryl/α,β-unsaturated/α-hetero) is 1. The average Bonchev–Trinajstić information content (AvgIpc) is 2.81. The van der Waals surface area contributed by atoms with E-state index in [4.69, 9.17) is 15.3 Å². The van der Waals surface area contributed by atoms with Crippen molar-refractivity contribution < 1.29 is 28.7 Å². The molecule has 9 heteroatoms. The van der Waals surface area contributed by atoms with Crippen LogP contribution in [0.15, 0.2) is 60.7 Å². The van der Waals surface area contributed by atoms with E-state index in [1.165, 1.54) is 0 Å². The molecule has 0 unspecified atom stereocenters. The van der Waals surface area contributed by atoms with E-state index in [0.717, 1.165) is 0 Å². The Kier molecular flexibility index (Phi) is 9.37. The molecule has 0 fully saturated rings. The second kappa shape index (κ2) is 12.2. The lowest BCUT2D eigenvalue weighted by Gasteiger charge is -2.28. The van der Waals surface area contributed by atoms with Gasteiger partial charge in [0.05, 0.1) is 0 Å². The van der Waals surface area contributed by atoms with Gasteiger partial charge in [-0.25, -0.2) is 20.3 Å². The van der Waals surface area contributed by atoms with Crippen molar-refractivity contribution in [3.8, 4) is 0 Å². The normalized spacial score (nSPS) is 11.4. The molecule has 0 radical (unpaired) electrons. The number of nitrogens with one attached hydrogen (secondary N) is 1. The molecule has 0 spiro atoms. The van der Waals surface area contributed by atoms with Gasteiger partial charge >= 0.3 is 18.1 Å². The van der Waals surface area contributed by atoms with E-state index in [-0.39, 0.29) is 25.6 Å². The maximum absolute atomic E-state index is 12.9. The zero-order valence-electron chi connectivity index (χ0n) is 18.0. The molecule has 0 heterocycles. The fraction of sp³-hybridized carbons (Fsp3) is 0.304. The summed E-state index contributed by atoms with van der Waals surface area (Å²) >= 11 is 0. The zero-order chi connectivity index (χ0) is 23.5. The number of imide groups is 1. The lowest BCUT2D eigenvalue weighted by atomic mass is 9.99. The number of rotatable bonds is 9. The van der Waals surface area contributed by atoms with Gasteiger partial charge in [-0.2, -0.15) is 0 Å². The lowest BCUT2D eigenvalue weighted by molar-refractivity contribution is -0.140. The molecular weight excluding hydrogens is 414 g/mol. The molecule has 2 aromatic carbocycles. The van der Waals surface area contributed by atoms with Crippen molar-refractivity contribution in [2.24, 2.45) is 11.8 Å².